The summed E-state index contributed by atoms with van der Waals surface area (Å²) in [5.41, 5.74) is 4.29. The topological polar surface area (TPSA) is 9.23 Å². The van der Waals surface area contributed by atoms with Gasteiger partial charge >= 0.3 is 0 Å². The van der Waals surface area contributed by atoms with E-state index in [-0.39, 0.29) is 10.8 Å². The summed E-state index contributed by atoms with van der Waals surface area (Å²) in [5.74, 6) is 2.37. The Labute approximate surface area is 134 Å². The van der Waals surface area contributed by atoms with Crippen LogP contribution >= 0.6 is 0 Å². The molecule has 0 saturated heterocycles. The molecule has 22 heavy (non-hydrogen) atoms. The summed E-state index contributed by atoms with van der Waals surface area (Å²) in [6.07, 6.45) is 0. The van der Waals surface area contributed by atoms with Gasteiger partial charge in [0, 0.05) is 17.0 Å². The molecule has 0 fully saturated rings. The summed E-state index contributed by atoms with van der Waals surface area (Å²) in [6, 6.07) is 15.0. The fourth-order valence-electron chi connectivity index (χ4n) is 3.57. The van der Waals surface area contributed by atoms with E-state index in [4.69, 9.17) is 4.74 Å². The van der Waals surface area contributed by atoms with E-state index in [9.17, 15) is 0 Å². The van der Waals surface area contributed by atoms with Crippen LogP contribution in [0.3, 0.4) is 0 Å². The van der Waals surface area contributed by atoms with Crippen molar-refractivity contribution in [3.63, 3.8) is 0 Å². The van der Waals surface area contributed by atoms with Gasteiger partial charge in [-0.15, -0.1) is 0 Å². The third kappa shape index (κ3) is 2.43. The molecule has 2 aromatic rings. The second-order valence-electron chi connectivity index (χ2n) is 8.41. The van der Waals surface area contributed by atoms with Crippen LogP contribution < -0.4 is 4.74 Å². The molecule has 0 N–H and O–H groups in total. The Balaban J connectivity index is 2.32. The number of hydrogen-bond acceptors (Lipinski definition) is 1. The summed E-state index contributed by atoms with van der Waals surface area (Å²) in [4.78, 5) is 0. The molecular formula is C21H26O. The smallest absolute Gasteiger partial charge is 0.131 e. The molecule has 1 atom stereocenters. The molecule has 0 bridgehead atoms. The van der Waals surface area contributed by atoms with Crippen LogP contribution in [0.15, 0.2) is 42.5 Å². The lowest BCUT2D eigenvalue weighted by molar-refractivity contribution is 0.320. The highest BCUT2D eigenvalue weighted by Crippen LogP contribution is 2.54. The minimum Gasteiger partial charge on any atom is -0.457 e. The molecule has 1 nitrogen and oxygen atoms in total. The number of benzene rings is 2. The number of para-hydroxylation sites is 1. The lowest BCUT2D eigenvalue weighted by Gasteiger charge is -2.40. The molecule has 0 saturated carbocycles. The molecule has 0 amide bonds. The molecule has 0 spiro atoms. The van der Waals surface area contributed by atoms with Crippen molar-refractivity contribution >= 4 is 0 Å². The van der Waals surface area contributed by atoms with Gasteiger partial charge in [-0.1, -0.05) is 71.9 Å². The summed E-state index contributed by atoms with van der Waals surface area (Å²) >= 11 is 0. The van der Waals surface area contributed by atoms with Crippen molar-refractivity contribution in [1.82, 2.24) is 0 Å². The minimum atomic E-state index is 0.102. The van der Waals surface area contributed by atoms with Crippen molar-refractivity contribution in [3.05, 3.63) is 59.2 Å². The van der Waals surface area contributed by atoms with E-state index >= 15 is 0 Å². The van der Waals surface area contributed by atoms with Crippen molar-refractivity contribution in [2.75, 3.05) is 0 Å². The zero-order valence-electron chi connectivity index (χ0n) is 14.5. The van der Waals surface area contributed by atoms with Crippen molar-refractivity contribution in [3.8, 4) is 11.5 Å². The summed E-state index contributed by atoms with van der Waals surface area (Å²) in [5, 5.41) is 0. The van der Waals surface area contributed by atoms with E-state index in [2.05, 4.69) is 84.0 Å². The standard InChI is InChI=1S/C21H26O/c1-20(2,3)15-11-9-13-17-18(15)19(21(4,5)6)14-10-7-8-12-16(14)22-17/h7-13,19H,1-6H3. The van der Waals surface area contributed by atoms with Gasteiger partial charge in [-0.05, 0) is 28.5 Å². The Morgan fingerprint density at radius 2 is 1.41 bits per heavy atom. The van der Waals surface area contributed by atoms with Crippen LogP contribution in [0.2, 0.25) is 0 Å². The molecule has 0 aliphatic carbocycles. The normalized spacial score (nSPS) is 17.5. The monoisotopic (exact) mass is 294 g/mol. The van der Waals surface area contributed by atoms with Crippen molar-refractivity contribution in [2.24, 2.45) is 5.41 Å². The molecular weight excluding hydrogens is 268 g/mol. The molecule has 3 rings (SSSR count). The first kappa shape index (κ1) is 15.1. The molecule has 1 unspecified atom stereocenters. The SMILES string of the molecule is CC(C)(C)c1cccc2c1C(C(C)(C)C)c1ccccc1O2. The Kier molecular flexibility index (Phi) is 3.36. The van der Waals surface area contributed by atoms with Crippen molar-refractivity contribution in [1.29, 1.82) is 0 Å². The largest absolute Gasteiger partial charge is 0.457 e. The average molecular weight is 294 g/mol. The van der Waals surface area contributed by atoms with Crippen LogP contribution in [0.1, 0.15) is 64.2 Å². The third-order valence-electron chi connectivity index (χ3n) is 4.48. The van der Waals surface area contributed by atoms with Crippen molar-refractivity contribution < 1.29 is 4.74 Å². The fourth-order valence-corrected chi connectivity index (χ4v) is 3.57. The Hall–Kier alpha value is -1.76. The Morgan fingerprint density at radius 3 is 2.05 bits per heavy atom. The van der Waals surface area contributed by atoms with Crippen LogP contribution in [-0.2, 0) is 5.41 Å². The van der Waals surface area contributed by atoms with Gasteiger partial charge in [0.25, 0.3) is 0 Å². The number of ether oxygens (including phenoxy) is 1. The second kappa shape index (κ2) is 4.87. The molecule has 116 valence electrons. The zero-order valence-corrected chi connectivity index (χ0v) is 14.5. The first-order valence-corrected chi connectivity index (χ1v) is 8.10. The number of hydrogen-bond donors (Lipinski definition) is 0. The quantitative estimate of drug-likeness (QED) is 0.556. The molecule has 0 radical (unpaired) electrons. The molecule has 1 aliphatic rings. The van der Waals surface area contributed by atoms with Gasteiger partial charge in [0.1, 0.15) is 11.5 Å². The van der Waals surface area contributed by atoms with Gasteiger partial charge < -0.3 is 4.74 Å². The summed E-state index contributed by atoms with van der Waals surface area (Å²) in [6.45, 7) is 13.8. The predicted molar refractivity (Wildman–Crippen MR) is 93.0 cm³/mol. The lowest BCUT2D eigenvalue weighted by Crippen LogP contribution is -2.27. The Morgan fingerprint density at radius 1 is 0.773 bits per heavy atom. The summed E-state index contributed by atoms with van der Waals surface area (Å²) < 4.78 is 6.24. The van der Waals surface area contributed by atoms with Gasteiger partial charge in [0.15, 0.2) is 0 Å². The van der Waals surface area contributed by atoms with Crippen LogP contribution in [0.25, 0.3) is 0 Å². The van der Waals surface area contributed by atoms with E-state index in [0.717, 1.165) is 11.5 Å². The second-order valence-corrected chi connectivity index (χ2v) is 8.41. The maximum absolute atomic E-state index is 6.24. The van der Waals surface area contributed by atoms with E-state index in [1.54, 1.807) is 0 Å². The molecule has 2 aromatic carbocycles. The lowest BCUT2D eigenvalue weighted by atomic mass is 9.67. The maximum Gasteiger partial charge on any atom is 0.131 e. The number of fused-ring (bicyclic) bond motifs is 2. The van der Waals surface area contributed by atoms with Gasteiger partial charge in [-0.3, -0.25) is 0 Å². The van der Waals surface area contributed by atoms with Crippen LogP contribution in [-0.4, -0.2) is 0 Å². The van der Waals surface area contributed by atoms with Crippen LogP contribution in [0.4, 0.5) is 0 Å². The molecule has 1 heteroatoms. The van der Waals surface area contributed by atoms with Gasteiger partial charge in [-0.25, -0.2) is 0 Å². The first-order chi connectivity index (χ1) is 10.2. The fraction of sp³-hybridized carbons (Fsp3) is 0.429. The molecule has 1 heterocycles. The Bertz CT molecular complexity index is 699. The highest BCUT2D eigenvalue weighted by molar-refractivity contribution is 5.58. The predicted octanol–water partition coefficient (Wildman–Crippen LogP) is 6.27. The first-order valence-electron chi connectivity index (χ1n) is 8.10. The average Bonchev–Trinajstić information content (AvgIpc) is 2.41. The zero-order chi connectivity index (χ0) is 16.1. The van der Waals surface area contributed by atoms with Gasteiger partial charge in [-0.2, -0.15) is 0 Å². The van der Waals surface area contributed by atoms with Gasteiger partial charge in [0.05, 0.1) is 0 Å². The molecule has 0 aromatic heterocycles. The minimum absolute atomic E-state index is 0.102. The van der Waals surface area contributed by atoms with E-state index < -0.39 is 0 Å². The van der Waals surface area contributed by atoms with E-state index in [1.807, 2.05) is 0 Å². The maximum atomic E-state index is 6.24. The van der Waals surface area contributed by atoms with Crippen LogP contribution in [0, 0.1) is 5.41 Å². The van der Waals surface area contributed by atoms with Crippen LogP contribution in [0.5, 0.6) is 11.5 Å². The highest BCUT2D eigenvalue weighted by atomic mass is 16.5. The summed E-state index contributed by atoms with van der Waals surface area (Å²) in [7, 11) is 0. The van der Waals surface area contributed by atoms with Gasteiger partial charge in [0.2, 0.25) is 0 Å². The number of rotatable bonds is 0. The molecule has 1 aliphatic heterocycles. The third-order valence-corrected chi connectivity index (χ3v) is 4.48. The van der Waals surface area contributed by atoms with Crippen molar-refractivity contribution in [2.45, 2.75) is 52.9 Å². The van der Waals surface area contributed by atoms with E-state index in [1.165, 1.54) is 16.7 Å². The van der Waals surface area contributed by atoms with E-state index in [0.29, 0.717) is 5.92 Å². The highest BCUT2D eigenvalue weighted by Gasteiger charge is 2.38.